The summed E-state index contributed by atoms with van der Waals surface area (Å²) in [6.07, 6.45) is 2.01. The molecule has 0 aromatic carbocycles. The molecule has 3 rings (SSSR count). The maximum atomic E-state index is 12.2. The van der Waals surface area contributed by atoms with Gasteiger partial charge in [-0.05, 0) is 31.9 Å². The van der Waals surface area contributed by atoms with E-state index in [0.717, 1.165) is 41.8 Å². The first-order chi connectivity index (χ1) is 10.9. The van der Waals surface area contributed by atoms with Crippen molar-refractivity contribution in [1.82, 2.24) is 19.7 Å². The first kappa shape index (κ1) is 15.9. The molecule has 1 atom stereocenters. The third-order valence-corrected chi connectivity index (χ3v) is 4.81. The van der Waals surface area contributed by atoms with Crippen LogP contribution in [0, 0.1) is 6.92 Å². The van der Waals surface area contributed by atoms with Crippen LogP contribution in [0.4, 0.5) is 0 Å². The zero-order chi connectivity index (χ0) is 16.6. The van der Waals surface area contributed by atoms with Crippen molar-refractivity contribution in [2.75, 3.05) is 26.8 Å². The molecule has 1 aliphatic rings. The summed E-state index contributed by atoms with van der Waals surface area (Å²) < 4.78 is 6.82. The van der Waals surface area contributed by atoms with Gasteiger partial charge in [0.1, 0.15) is 6.61 Å². The van der Waals surface area contributed by atoms with Gasteiger partial charge in [0, 0.05) is 38.0 Å². The number of aromatic nitrogens is 3. The number of carbonyl (C=O) groups excluding carboxylic acids is 1. The molecule has 0 N–H and O–H groups in total. The molecule has 0 unspecified atom stereocenters. The van der Waals surface area contributed by atoms with Crippen LogP contribution in [0.15, 0.2) is 12.1 Å². The lowest BCUT2D eigenvalue weighted by molar-refractivity contribution is -0.137. The molecule has 1 fully saturated rings. The molecule has 0 aliphatic carbocycles. The third kappa shape index (κ3) is 2.83. The number of methoxy groups -OCH3 is 1. The van der Waals surface area contributed by atoms with Crippen molar-refractivity contribution < 1.29 is 9.53 Å². The Kier molecular flexibility index (Phi) is 4.10. The standard InChI is InChI=1S/C17H24N4O2/c1-12-13-6-7-14(18-16(13)20(3)19-12)17(2)8-5-9-21(11-17)15(22)10-23-4/h6-7H,5,8-11H2,1-4H3/t17-/m0/s1. The monoisotopic (exact) mass is 316 g/mol. The Morgan fingerprint density at radius 1 is 1.43 bits per heavy atom. The normalized spacial score (nSPS) is 21.8. The first-order valence-corrected chi connectivity index (χ1v) is 8.02. The van der Waals surface area contributed by atoms with Crippen LogP contribution in [-0.2, 0) is 22.0 Å². The van der Waals surface area contributed by atoms with Crippen LogP contribution in [0.25, 0.3) is 11.0 Å². The Morgan fingerprint density at radius 3 is 2.96 bits per heavy atom. The predicted octanol–water partition coefficient (Wildman–Crippen LogP) is 1.80. The zero-order valence-electron chi connectivity index (χ0n) is 14.3. The van der Waals surface area contributed by atoms with Crippen LogP contribution in [-0.4, -0.2) is 52.4 Å². The van der Waals surface area contributed by atoms with Gasteiger partial charge in [0.2, 0.25) is 5.91 Å². The van der Waals surface area contributed by atoms with Gasteiger partial charge in [0.25, 0.3) is 0 Å². The second kappa shape index (κ2) is 5.92. The Hall–Kier alpha value is -1.95. The first-order valence-electron chi connectivity index (χ1n) is 8.02. The van der Waals surface area contributed by atoms with E-state index in [4.69, 9.17) is 9.72 Å². The van der Waals surface area contributed by atoms with Crippen molar-refractivity contribution in [1.29, 1.82) is 0 Å². The number of aryl methyl sites for hydroxylation is 2. The number of ether oxygens (including phenoxy) is 1. The molecule has 23 heavy (non-hydrogen) atoms. The summed E-state index contributed by atoms with van der Waals surface area (Å²) in [5.41, 5.74) is 2.80. The lowest BCUT2D eigenvalue weighted by Crippen LogP contribution is -2.48. The molecule has 0 bridgehead atoms. The minimum Gasteiger partial charge on any atom is -0.375 e. The number of carbonyl (C=O) groups is 1. The quantitative estimate of drug-likeness (QED) is 0.866. The number of piperidine rings is 1. The fraction of sp³-hybridized carbons (Fsp3) is 0.588. The minimum atomic E-state index is -0.131. The van der Waals surface area contributed by atoms with E-state index >= 15 is 0 Å². The van der Waals surface area contributed by atoms with Gasteiger partial charge in [-0.3, -0.25) is 9.48 Å². The molecule has 124 valence electrons. The number of rotatable bonds is 3. The van der Waals surface area contributed by atoms with E-state index in [-0.39, 0.29) is 17.9 Å². The lowest BCUT2D eigenvalue weighted by Gasteiger charge is -2.40. The highest BCUT2D eigenvalue weighted by Crippen LogP contribution is 2.33. The smallest absolute Gasteiger partial charge is 0.248 e. The maximum Gasteiger partial charge on any atom is 0.248 e. The second-order valence-corrected chi connectivity index (χ2v) is 6.69. The van der Waals surface area contributed by atoms with E-state index in [9.17, 15) is 4.79 Å². The Balaban J connectivity index is 1.92. The summed E-state index contributed by atoms with van der Waals surface area (Å²) in [6.45, 7) is 5.81. The number of likely N-dealkylation sites (tertiary alicyclic amines) is 1. The van der Waals surface area contributed by atoms with Crippen LogP contribution >= 0.6 is 0 Å². The van der Waals surface area contributed by atoms with Crippen LogP contribution in [0.1, 0.15) is 31.2 Å². The topological polar surface area (TPSA) is 60.2 Å². The highest BCUT2D eigenvalue weighted by Gasteiger charge is 2.36. The predicted molar refractivity (Wildman–Crippen MR) is 88.3 cm³/mol. The van der Waals surface area contributed by atoms with Gasteiger partial charge in [-0.2, -0.15) is 5.10 Å². The van der Waals surface area contributed by atoms with Crippen LogP contribution in [0.2, 0.25) is 0 Å². The molecule has 6 nitrogen and oxygen atoms in total. The third-order valence-electron chi connectivity index (χ3n) is 4.81. The van der Waals surface area contributed by atoms with Crippen LogP contribution < -0.4 is 0 Å². The largest absolute Gasteiger partial charge is 0.375 e. The van der Waals surface area contributed by atoms with Crippen molar-refractivity contribution in [3.8, 4) is 0 Å². The van der Waals surface area contributed by atoms with Gasteiger partial charge >= 0.3 is 0 Å². The van der Waals surface area contributed by atoms with Crippen LogP contribution in [0.3, 0.4) is 0 Å². The summed E-state index contributed by atoms with van der Waals surface area (Å²) in [7, 11) is 3.48. The van der Waals surface area contributed by atoms with Crippen molar-refractivity contribution in [2.45, 2.75) is 32.1 Å². The van der Waals surface area contributed by atoms with Gasteiger partial charge < -0.3 is 9.64 Å². The molecule has 2 aromatic heterocycles. The minimum absolute atomic E-state index is 0.0517. The highest BCUT2D eigenvalue weighted by molar-refractivity contribution is 5.79. The second-order valence-electron chi connectivity index (χ2n) is 6.69. The molecule has 0 radical (unpaired) electrons. The summed E-state index contributed by atoms with van der Waals surface area (Å²) in [6, 6.07) is 4.18. The molecule has 2 aromatic rings. The van der Waals surface area contributed by atoms with Crippen LogP contribution in [0.5, 0.6) is 0 Å². The maximum absolute atomic E-state index is 12.2. The average molecular weight is 316 g/mol. The van der Waals surface area contributed by atoms with E-state index in [0.29, 0.717) is 6.54 Å². The summed E-state index contributed by atoms with van der Waals surface area (Å²) in [4.78, 5) is 18.9. The highest BCUT2D eigenvalue weighted by atomic mass is 16.5. The van der Waals surface area contributed by atoms with Gasteiger partial charge in [-0.25, -0.2) is 4.98 Å². The number of hydrogen-bond donors (Lipinski definition) is 0. The van der Waals surface area contributed by atoms with Crippen molar-refractivity contribution in [3.05, 3.63) is 23.5 Å². The Bertz CT molecular complexity index is 740. The van der Waals surface area contributed by atoms with Crippen molar-refractivity contribution in [3.63, 3.8) is 0 Å². The summed E-state index contributed by atoms with van der Waals surface area (Å²) in [5.74, 6) is 0.0517. The van der Waals surface area contributed by atoms with E-state index in [1.165, 1.54) is 0 Å². The molecule has 0 saturated carbocycles. The van der Waals surface area contributed by atoms with Gasteiger partial charge in [-0.15, -0.1) is 0 Å². The van der Waals surface area contributed by atoms with Crippen molar-refractivity contribution in [2.24, 2.45) is 7.05 Å². The van der Waals surface area contributed by atoms with Gasteiger partial charge in [0.15, 0.2) is 5.65 Å². The van der Waals surface area contributed by atoms with Crippen molar-refractivity contribution >= 4 is 16.9 Å². The van der Waals surface area contributed by atoms with E-state index in [1.807, 2.05) is 23.6 Å². The Morgan fingerprint density at radius 2 is 2.22 bits per heavy atom. The number of fused-ring (bicyclic) bond motifs is 1. The van der Waals surface area contributed by atoms with Gasteiger partial charge in [0.05, 0.1) is 11.4 Å². The summed E-state index contributed by atoms with van der Waals surface area (Å²) >= 11 is 0. The molecular formula is C17H24N4O2. The fourth-order valence-electron chi connectivity index (χ4n) is 3.52. The Labute approximate surface area is 136 Å². The van der Waals surface area contributed by atoms with Gasteiger partial charge in [-0.1, -0.05) is 6.92 Å². The molecule has 3 heterocycles. The van der Waals surface area contributed by atoms with E-state index < -0.39 is 0 Å². The lowest BCUT2D eigenvalue weighted by atomic mass is 9.78. The number of amides is 1. The molecule has 6 heteroatoms. The molecule has 1 aliphatic heterocycles. The zero-order valence-corrected chi connectivity index (χ0v) is 14.3. The number of pyridine rings is 1. The van der Waals surface area contributed by atoms with E-state index in [2.05, 4.69) is 24.2 Å². The SMILES string of the molecule is COCC(=O)N1CCC[C@](C)(c2ccc3c(C)nn(C)c3n2)C1. The molecule has 1 amide bonds. The average Bonchev–Trinajstić information content (AvgIpc) is 2.82. The molecule has 1 saturated heterocycles. The number of hydrogen-bond acceptors (Lipinski definition) is 4. The fourth-order valence-corrected chi connectivity index (χ4v) is 3.52. The molecule has 0 spiro atoms. The molecular weight excluding hydrogens is 292 g/mol. The summed E-state index contributed by atoms with van der Waals surface area (Å²) in [5, 5.41) is 5.53. The number of nitrogens with zero attached hydrogens (tertiary/aromatic N) is 4. The van der Waals surface area contributed by atoms with E-state index in [1.54, 1.807) is 7.11 Å².